The number of benzene rings is 1. The Labute approximate surface area is 164 Å². The van der Waals surface area contributed by atoms with Gasteiger partial charge in [-0.3, -0.25) is 14.5 Å². The number of piperazine rings is 1. The molecule has 1 fully saturated rings. The molecule has 0 saturated carbocycles. The van der Waals surface area contributed by atoms with Crippen molar-refractivity contribution in [1.82, 2.24) is 15.0 Å². The van der Waals surface area contributed by atoms with Crippen molar-refractivity contribution in [3.8, 4) is 5.75 Å². The van der Waals surface area contributed by atoms with Crippen LogP contribution in [-0.4, -0.2) is 65.6 Å². The van der Waals surface area contributed by atoms with Gasteiger partial charge in [-0.1, -0.05) is 22.9 Å². The standard InChI is InChI=1S/C20H26N4O4/c1-14-4-6-17(7-5-14)27-16(3)20(26)24-10-8-23(9-11-24)13-19(25)21-18-12-15(2)28-22-18/h4-7,12,16H,8-11,13H2,1-3H3,(H,21,22,25). The Kier molecular flexibility index (Phi) is 6.30. The van der Waals surface area contributed by atoms with Crippen LogP contribution in [0.5, 0.6) is 5.75 Å². The van der Waals surface area contributed by atoms with Crippen molar-refractivity contribution in [3.05, 3.63) is 41.7 Å². The lowest BCUT2D eigenvalue weighted by Crippen LogP contribution is -2.53. The molecule has 2 amide bonds. The first-order chi connectivity index (χ1) is 13.4. The lowest BCUT2D eigenvalue weighted by atomic mass is 10.2. The van der Waals surface area contributed by atoms with Gasteiger partial charge in [0.2, 0.25) is 5.91 Å². The largest absolute Gasteiger partial charge is 0.481 e. The molecule has 8 nitrogen and oxygen atoms in total. The summed E-state index contributed by atoms with van der Waals surface area (Å²) in [6.07, 6.45) is -0.548. The van der Waals surface area contributed by atoms with E-state index in [-0.39, 0.29) is 18.4 Å². The molecule has 1 saturated heterocycles. The summed E-state index contributed by atoms with van der Waals surface area (Å²) >= 11 is 0. The van der Waals surface area contributed by atoms with Crippen molar-refractivity contribution >= 4 is 17.6 Å². The van der Waals surface area contributed by atoms with Crippen LogP contribution in [0.25, 0.3) is 0 Å². The maximum Gasteiger partial charge on any atom is 0.263 e. The molecule has 1 unspecified atom stereocenters. The van der Waals surface area contributed by atoms with Crippen LogP contribution in [0, 0.1) is 13.8 Å². The maximum absolute atomic E-state index is 12.6. The zero-order chi connectivity index (χ0) is 20.1. The zero-order valence-electron chi connectivity index (χ0n) is 16.5. The monoisotopic (exact) mass is 386 g/mol. The molecule has 0 spiro atoms. The molecule has 0 radical (unpaired) electrons. The predicted molar refractivity (Wildman–Crippen MR) is 104 cm³/mol. The lowest BCUT2D eigenvalue weighted by Gasteiger charge is -2.35. The van der Waals surface area contributed by atoms with E-state index in [1.807, 2.05) is 36.1 Å². The fourth-order valence-electron chi connectivity index (χ4n) is 3.07. The molecule has 1 N–H and O–H groups in total. The molecule has 0 bridgehead atoms. The van der Waals surface area contributed by atoms with Crippen LogP contribution < -0.4 is 10.1 Å². The maximum atomic E-state index is 12.6. The highest BCUT2D eigenvalue weighted by molar-refractivity contribution is 5.91. The second-order valence-electron chi connectivity index (χ2n) is 7.05. The number of anilines is 1. The number of aryl methyl sites for hydroxylation is 2. The van der Waals surface area contributed by atoms with Crippen molar-refractivity contribution < 1.29 is 18.8 Å². The third-order valence-electron chi connectivity index (χ3n) is 4.63. The Bertz CT molecular complexity index is 810. The van der Waals surface area contributed by atoms with Gasteiger partial charge in [0.15, 0.2) is 11.9 Å². The summed E-state index contributed by atoms with van der Waals surface area (Å²) in [5.74, 6) is 1.56. The number of aromatic nitrogens is 1. The Hall–Kier alpha value is -2.87. The molecule has 1 atom stereocenters. The molecule has 28 heavy (non-hydrogen) atoms. The quantitative estimate of drug-likeness (QED) is 0.815. The van der Waals surface area contributed by atoms with Crippen molar-refractivity contribution in [2.45, 2.75) is 26.9 Å². The Morgan fingerprint density at radius 3 is 2.46 bits per heavy atom. The highest BCUT2D eigenvalue weighted by Crippen LogP contribution is 2.15. The summed E-state index contributed by atoms with van der Waals surface area (Å²) < 4.78 is 10.7. The van der Waals surface area contributed by atoms with E-state index in [9.17, 15) is 9.59 Å². The highest BCUT2D eigenvalue weighted by Gasteiger charge is 2.26. The van der Waals surface area contributed by atoms with Gasteiger partial charge in [-0.2, -0.15) is 0 Å². The SMILES string of the molecule is Cc1ccc(OC(C)C(=O)N2CCN(CC(=O)Nc3cc(C)on3)CC2)cc1. The van der Waals surface area contributed by atoms with Gasteiger partial charge < -0.3 is 19.5 Å². The summed E-state index contributed by atoms with van der Waals surface area (Å²) in [5.41, 5.74) is 1.14. The van der Waals surface area contributed by atoms with Crippen LogP contribution in [0.3, 0.4) is 0 Å². The molecule has 1 aromatic carbocycles. The molecule has 8 heteroatoms. The number of rotatable bonds is 6. The zero-order valence-corrected chi connectivity index (χ0v) is 16.5. The third kappa shape index (κ3) is 5.32. The number of carbonyl (C=O) groups excluding carboxylic acids is 2. The summed E-state index contributed by atoms with van der Waals surface area (Å²) in [6.45, 7) is 8.19. The minimum Gasteiger partial charge on any atom is -0.481 e. The normalized spacial score (nSPS) is 15.9. The molecule has 1 aromatic heterocycles. The second kappa shape index (κ2) is 8.88. The van der Waals surface area contributed by atoms with E-state index < -0.39 is 6.10 Å². The molecule has 0 aliphatic carbocycles. The molecular formula is C20H26N4O4. The third-order valence-corrected chi connectivity index (χ3v) is 4.63. The van der Waals surface area contributed by atoms with Crippen LogP contribution in [-0.2, 0) is 9.59 Å². The van der Waals surface area contributed by atoms with Gasteiger partial charge in [0, 0.05) is 32.2 Å². The lowest BCUT2D eigenvalue weighted by molar-refractivity contribution is -0.139. The number of carbonyl (C=O) groups is 2. The van der Waals surface area contributed by atoms with E-state index in [2.05, 4.69) is 10.5 Å². The van der Waals surface area contributed by atoms with E-state index in [1.165, 1.54) is 0 Å². The Morgan fingerprint density at radius 1 is 1.18 bits per heavy atom. The van der Waals surface area contributed by atoms with Gasteiger partial charge in [-0.05, 0) is 32.9 Å². The van der Waals surface area contributed by atoms with E-state index in [0.717, 1.165) is 5.56 Å². The van der Waals surface area contributed by atoms with Gasteiger partial charge >= 0.3 is 0 Å². The van der Waals surface area contributed by atoms with E-state index in [0.29, 0.717) is 43.5 Å². The molecule has 1 aliphatic rings. The van der Waals surface area contributed by atoms with Gasteiger partial charge in [-0.25, -0.2) is 0 Å². The van der Waals surface area contributed by atoms with Crippen LogP contribution in [0.2, 0.25) is 0 Å². The summed E-state index contributed by atoms with van der Waals surface area (Å²) in [7, 11) is 0. The van der Waals surface area contributed by atoms with Crippen LogP contribution in [0.4, 0.5) is 5.82 Å². The van der Waals surface area contributed by atoms with E-state index in [4.69, 9.17) is 9.26 Å². The van der Waals surface area contributed by atoms with Gasteiger partial charge in [0.1, 0.15) is 11.5 Å². The summed E-state index contributed by atoms with van der Waals surface area (Å²) in [4.78, 5) is 28.5. The number of ether oxygens (including phenoxy) is 1. The molecule has 1 aliphatic heterocycles. The summed E-state index contributed by atoms with van der Waals surface area (Å²) in [5, 5.41) is 6.46. The van der Waals surface area contributed by atoms with Gasteiger partial charge in [-0.15, -0.1) is 0 Å². The smallest absolute Gasteiger partial charge is 0.263 e. The minimum atomic E-state index is -0.548. The fraction of sp³-hybridized carbons (Fsp3) is 0.450. The topological polar surface area (TPSA) is 87.9 Å². The van der Waals surface area contributed by atoms with Crippen LogP contribution >= 0.6 is 0 Å². The fourth-order valence-corrected chi connectivity index (χ4v) is 3.07. The Morgan fingerprint density at radius 2 is 1.86 bits per heavy atom. The number of hydrogen-bond acceptors (Lipinski definition) is 6. The first kappa shape index (κ1) is 19.9. The second-order valence-corrected chi connectivity index (χ2v) is 7.05. The van der Waals surface area contributed by atoms with Crippen molar-refractivity contribution in [1.29, 1.82) is 0 Å². The average molecular weight is 386 g/mol. The van der Waals surface area contributed by atoms with Gasteiger partial charge in [0.05, 0.1) is 6.54 Å². The first-order valence-electron chi connectivity index (χ1n) is 9.38. The molecule has 3 rings (SSSR count). The molecule has 2 aromatic rings. The van der Waals surface area contributed by atoms with Crippen LogP contribution in [0.15, 0.2) is 34.9 Å². The van der Waals surface area contributed by atoms with E-state index in [1.54, 1.807) is 24.8 Å². The first-order valence-corrected chi connectivity index (χ1v) is 9.38. The van der Waals surface area contributed by atoms with E-state index >= 15 is 0 Å². The van der Waals surface area contributed by atoms with Gasteiger partial charge in [0.25, 0.3) is 5.91 Å². The highest BCUT2D eigenvalue weighted by atomic mass is 16.5. The van der Waals surface area contributed by atoms with Crippen molar-refractivity contribution in [3.63, 3.8) is 0 Å². The number of nitrogens with zero attached hydrogens (tertiary/aromatic N) is 3. The number of nitrogens with one attached hydrogen (secondary N) is 1. The minimum absolute atomic E-state index is 0.0391. The average Bonchev–Trinajstić information content (AvgIpc) is 3.08. The number of amides is 2. The molecule has 2 heterocycles. The van der Waals surface area contributed by atoms with Crippen molar-refractivity contribution in [2.75, 3.05) is 38.0 Å². The van der Waals surface area contributed by atoms with Crippen molar-refractivity contribution in [2.24, 2.45) is 0 Å². The Balaban J connectivity index is 1.43. The molecular weight excluding hydrogens is 360 g/mol. The predicted octanol–water partition coefficient (Wildman–Crippen LogP) is 1.84. The van der Waals surface area contributed by atoms with Crippen LogP contribution in [0.1, 0.15) is 18.2 Å². The summed E-state index contributed by atoms with van der Waals surface area (Å²) in [6, 6.07) is 9.31. The molecule has 150 valence electrons. The number of hydrogen-bond donors (Lipinski definition) is 1.